The fraction of sp³-hybridized carbons (Fsp3) is 0.556. The Kier molecular flexibility index (Phi) is 2.19. The van der Waals surface area contributed by atoms with Crippen LogP contribution in [0.5, 0.6) is 0 Å². The number of nitrogens with one attached hydrogen (secondary N) is 3. The lowest BCUT2D eigenvalue weighted by atomic mass is 9.60. The average molecular weight is 313 g/mol. The van der Waals surface area contributed by atoms with Gasteiger partial charge in [-0.25, -0.2) is 0 Å². The zero-order valence-corrected chi connectivity index (χ0v) is 13.9. The molecule has 4 saturated heterocycles. The van der Waals surface area contributed by atoms with Crippen molar-refractivity contribution in [1.29, 1.82) is 0 Å². The third-order valence-corrected chi connectivity index (χ3v) is 6.74. The van der Waals surface area contributed by atoms with Crippen molar-refractivity contribution < 1.29 is 19.4 Å². The maximum atomic E-state index is 13.1. The standard InChI is InChI=1S/C18H21N3O2/c1-11-4-5-13-12(6-11)18(15(23)19-13)20-7-16(2)8-21(18)10-17(3,9-20)14(16)22/h4-6H,7-10H2,1-3H3,(H,19,23)/p+2. The summed E-state index contributed by atoms with van der Waals surface area (Å²) in [6.45, 7) is 9.36. The van der Waals surface area contributed by atoms with E-state index in [9.17, 15) is 9.59 Å². The summed E-state index contributed by atoms with van der Waals surface area (Å²) in [5.41, 5.74) is 2.15. The number of carbonyl (C=O) groups excluding carboxylic acids is 2. The lowest BCUT2D eigenvalue weighted by Gasteiger charge is -2.61. The minimum absolute atomic E-state index is 0.113. The number of piperidine rings is 2. The fourth-order valence-corrected chi connectivity index (χ4v) is 6.08. The molecule has 0 saturated carbocycles. The van der Waals surface area contributed by atoms with Crippen molar-refractivity contribution in [3.05, 3.63) is 29.3 Å². The second kappa shape index (κ2) is 3.68. The maximum Gasteiger partial charge on any atom is 0.351 e. The Labute approximate surface area is 135 Å². The number of amides is 1. The monoisotopic (exact) mass is 313 g/mol. The van der Waals surface area contributed by atoms with Gasteiger partial charge in [0.1, 0.15) is 42.6 Å². The number of aryl methyl sites for hydroxylation is 1. The van der Waals surface area contributed by atoms with E-state index in [2.05, 4.69) is 38.2 Å². The first kappa shape index (κ1) is 13.7. The highest BCUT2D eigenvalue weighted by Gasteiger charge is 2.78. The first-order valence-corrected chi connectivity index (χ1v) is 8.47. The summed E-state index contributed by atoms with van der Waals surface area (Å²) in [7, 11) is 0. The van der Waals surface area contributed by atoms with Crippen molar-refractivity contribution in [3.8, 4) is 0 Å². The molecule has 5 heteroatoms. The number of ketones is 1. The first-order chi connectivity index (χ1) is 10.8. The van der Waals surface area contributed by atoms with E-state index in [0.717, 1.165) is 37.4 Å². The van der Waals surface area contributed by atoms with Gasteiger partial charge in [0.2, 0.25) is 0 Å². The van der Waals surface area contributed by atoms with Crippen LogP contribution < -0.4 is 15.1 Å². The van der Waals surface area contributed by atoms with Crippen molar-refractivity contribution in [2.75, 3.05) is 31.5 Å². The molecule has 4 bridgehead atoms. The third kappa shape index (κ3) is 1.33. The molecule has 4 fully saturated rings. The normalized spacial score (nSPS) is 46.4. The van der Waals surface area contributed by atoms with E-state index < -0.39 is 5.66 Å². The molecule has 1 aromatic rings. The number of Topliss-reactive ketones (excluding diaryl/α,β-unsaturated/α-hetero) is 1. The molecule has 6 rings (SSSR count). The molecule has 0 unspecified atom stereocenters. The quantitative estimate of drug-likeness (QED) is 0.546. The minimum atomic E-state index is -0.554. The topological polar surface area (TPSA) is 55.0 Å². The molecule has 120 valence electrons. The van der Waals surface area contributed by atoms with E-state index >= 15 is 0 Å². The Morgan fingerprint density at radius 3 is 2.13 bits per heavy atom. The Morgan fingerprint density at radius 2 is 1.57 bits per heavy atom. The Bertz CT molecular complexity index is 744. The molecule has 0 aromatic heterocycles. The molecule has 5 heterocycles. The van der Waals surface area contributed by atoms with Crippen molar-refractivity contribution in [1.82, 2.24) is 0 Å². The molecule has 3 N–H and O–H groups in total. The predicted molar refractivity (Wildman–Crippen MR) is 84.1 cm³/mol. The van der Waals surface area contributed by atoms with Gasteiger partial charge in [0, 0.05) is 0 Å². The van der Waals surface area contributed by atoms with Gasteiger partial charge < -0.3 is 5.32 Å². The second-order valence-corrected chi connectivity index (χ2v) is 8.62. The van der Waals surface area contributed by atoms with Crippen LogP contribution in [0.1, 0.15) is 25.0 Å². The molecule has 23 heavy (non-hydrogen) atoms. The van der Waals surface area contributed by atoms with Gasteiger partial charge in [-0.15, -0.1) is 0 Å². The molecular formula is C18H23N3O2+2. The number of quaternary nitrogens is 2. The van der Waals surface area contributed by atoms with Gasteiger partial charge in [0.05, 0.1) is 5.69 Å². The largest absolute Gasteiger partial charge is 0.351 e. The highest BCUT2D eigenvalue weighted by atomic mass is 16.2. The van der Waals surface area contributed by atoms with E-state index in [1.54, 1.807) is 0 Å². The van der Waals surface area contributed by atoms with E-state index in [4.69, 9.17) is 0 Å². The van der Waals surface area contributed by atoms with Crippen LogP contribution in [0.3, 0.4) is 0 Å². The summed E-state index contributed by atoms with van der Waals surface area (Å²) in [6.07, 6.45) is 0. The number of benzene rings is 1. The Hall–Kier alpha value is -1.72. The summed E-state index contributed by atoms with van der Waals surface area (Å²) in [5.74, 6) is 0.525. The van der Waals surface area contributed by atoms with E-state index in [-0.39, 0.29) is 16.7 Å². The molecule has 5 aliphatic heterocycles. The number of anilines is 1. The SMILES string of the molecule is Cc1ccc2c(c1)C1(C(=O)N2)[NH+]2CC3(C)C[NH+]1CC(C)(C2)C3=O. The number of fused-ring (bicyclic) bond motifs is 1. The molecule has 1 spiro atoms. The van der Waals surface area contributed by atoms with E-state index in [1.807, 2.05) is 6.07 Å². The van der Waals surface area contributed by atoms with E-state index in [0.29, 0.717) is 5.78 Å². The summed E-state index contributed by atoms with van der Waals surface area (Å²) in [4.78, 5) is 28.5. The Morgan fingerprint density at radius 1 is 1.00 bits per heavy atom. The zero-order valence-electron chi connectivity index (χ0n) is 13.9. The van der Waals surface area contributed by atoms with Gasteiger partial charge in [-0.1, -0.05) is 11.6 Å². The highest BCUT2D eigenvalue weighted by Crippen LogP contribution is 2.41. The summed E-state index contributed by atoms with van der Waals surface area (Å²) in [5, 5.41) is 3.11. The highest BCUT2D eigenvalue weighted by molar-refractivity contribution is 6.04. The predicted octanol–water partition coefficient (Wildman–Crippen LogP) is -1.51. The van der Waals surface area contributed by atoms with Gasteiger partial charge in [0.15, 0.2) is 5.78 Å². The summed E-state index contributed by atoms with van der Waals surface area (Å²) in [6, 6.07) is 6.25. The van der Waals surface area contributed by atoms with Crippen molar-refractivity contribution in [2.24, 2.45) is 10.8 Å². The van der Waals surface area contributed by atoms with Crippen LogP contribution in [0.25, 0.3) is 0 Å². The summed E-state index contributed by atoms with van der Waals surface area (Å²) < 4.78 is 0. The number of hydrogen-bond acceptors (Lipinski definition) is 2. The van der Waals surface area contributed by atoms with Crippen LogP contribution in [0.2, 0.25) is 0 Å². The molecule has 1 amide bonds. The van der Waals surface area contributed by atoms with Gasteiger partial charge >= 0.3 is 11.6 Å². The van der Waals surface area contributed by atoms with Gasteiger partial charge in [-0.05, 0) is 32.9 Å². The smallest absolute Gasteiger partial charge is 0.314 e. The number of carbonyl (C=O) groups is 2. The van der Waals surface area contributed by atoms with Gasteiger partial charge in [0.25, 0.3) is 0 Å². The molecule has 0 atom stereocenters. The van der Waals surface area contributed by atoms with Crippen LogP contribution in [-0.2, 0) is 15.3 Å². The van der Waals surface area contributed by atoms with E-state index in [1.165, 1.54) is 15.4 Å². The lowest BCUT2D eigenvalue weighted by Crippen LogP contribution is -3.48. The molecular weight excluding hydrogens is 290 g/mol. The Balaban J connectivity index is 1.74. The van der Waals surface area contributed by atoms with Crippen molar-refractivity contribution >= 4 is 17.4 Å². The molecule has 5 aliphatic rings. The zero-order chi connectivity index (χ0) is 16.2. The van der Waals surface area contributed by atoms with Crippen LogP contribution in [0.15, 0.2) is 18.2 Å². The molecule has 0 aliphatic carbocycles. The third-order valence-electron chi connectivity index (χ3n) is 6.74. The van der Waals surface area contributed by atoms with Crippen LogP contribution in [-0.4, -0.2) is 37.9 Å². The minimum Gasteiger partial charge on any atom is -0.314 e. The first-order valence-electron chi connectivity index (χ1n) is 8.47. The van der Waals surface area contributed by atoms with Gasteiger partial charge in [-0.3, -0.25) is 19.4 Å². The average Bonchev–Trinajstić information content (AvgIpc) is 2.73. The molecule has 0 radical (unpaired) electrons. The fourth-order valence-electron chi connectivity index (χ4n) is 6.08. The van der Waals surface area contributed by atoms with Crippen LogP contribution >= 0.6 is 0 Å². The molecule has 1 aromatic carbocycles. The number of rotatable bonds is 0. The van der Waals surface area contributed by atoms with Crippen LogP contribution in [0.4, 0.5) is 5.69 Å². The van der Waals surface area contributed by atoms with Crippen molar-refractivity contribution in [2.45, 2.75) is 26.4 Å². The molecule has 5 nitrogen and oxygen atoms in total. The summed E-state index contributed by atoms with van der Waals surface area (Å²) >= 11 is 0. The van der Waals surface area contributed by atoms with Crippen LogP contribution in [0, 0.1) is 17.8 Å². The van der Waals surface area contributed by atoms with Gasteiger partial charge in [-0.2, -0.15) is 0 Å². The second-order valence-electron chi connectivity index (χ2n) is 8.62. The maximum absolute atomic E-state index is 13.1. The lowest BCUT2D eigenvalue weighted by molar-refractivity contribution is -1.20. The van der Waals surface area contributed by atoms with Crippen molar-refractivity contribution in [3.63, 3.8) is 0 Å². The number of hydrogen-bond donors (Lipinski definition) is 3.